The molecule has 144 valence electrons. The Balaban J connectivity index is 1.88. The summed E-state index contributed by atoms with van der Waals surface area (Å²) in [5.41, 5.74) is 5.52. The topological polar surface area (TPSA) is 125 Å². The lowest BCUT2D eigenvalue weighted by molar-refractivity contribution is -0.125. The Labute approximate surface area is 152 Å². The van der Waals surface area contributed by atoms with Crippen LogP contribution in [0.5, 0.6) is 0 Å². The monoisotopic (exact) mass is 365 g/mol. The summed E-state index contributed by atoms with van der Waals surface area (Å²) in [5.74, 6) is -0.0602. The van der Waals surface area contributed by atoms with Gasteiger partial charge in [-0.15, -0.1) is 0 Å². The molecule has 4 N–H and O–H groups in total. The fourth-order valence-electron chi connectivity index (χ4n) is 2.66. The van der Waals surface area contributed by atoms with Crippen LogP contribution in [0.4, 0.5) is 0 Å². The lowest BCUT2D eigenvalue weighted by Crippen LogP contribution is -2.52. The number of hydrogen-bond donors (Lipinski definition) is 4. The number of aromatic nitrogens is 1. The van der Waals surface area contributed by atoms with Crippen LogP contribution in [0.3, 0.4) is 0 Å². The molecule has 0 aromatic carbocycles. The molecule has 0 radical (unpaired) electrons. The van der Waals surface area contributed by atoms with E-state index in [9.17, 15) is 14.4 Å². The van der Waals surface area contributed by atoms with Crippen molar-refractivity contribution < 1.29 is 18.9 Å². The van der Waals surface area contributed by atoms with E-state index in [1.54, 1.807) is 6.92 Å². The molecule has 1 fully saturated rings. The summed E-state index contributed by atoms with van der Waals surface area (Å²) in [5, 5.41) is 9.11. The van der Waals surface area contributed by atoms with E-state index in [-0.39, 0.29) is 23.4 Å². The van der Waals surface area contributed by atoms with E-state index in [1.165, 1.54) is 6.07 Å². The van der Waals surface area contributed by atoms with E-state index >= 15 is 0 Å². The van der Waals surface area contributed by atoms with E-state index in [0.717, 1.165) is 12.8 Å². The minimum absolute atomic E-state index is 0.0159. The molecule has 1 aliphatic heterocycles. The van der Waals surface area contributed by atoms with Crippen LogP contribution in [0.25, 0.3) is 0 Å². The molecule has 26 heavy (non-hydrogen) atoms. The highest BCUT2D eigenvalue weighted by atomic mass is 16.5. The normalized spacial score (nSPS) is 17.8. The molecule has 0 aliphatic carbocycles. The predicted octanol–water partition coefficient (Wildman–Crippen LogP) is 0.275. The first kappa shape index (κ1) is 19.9. The second-order valence-electron chi connectivity index (χ2n) is 6.97. The summed E-state index contributed by atoms with van der Waals surface area (Å²) in [7, 11) is 0. The number of rotatable bonds is 9. The third kappa shape index (κ3) is 5.83. The summed E-state index contributed by atoms with van der Waals surface area (Å²) >= 11 is 0. The summed E-state index contributed by atoms with van der Waals surface area (Å²) < 4.78 is 4.90. The third-order valence-corrected chi connectivity index (χ3v) is 4.24. The molecule has 2 atom stereocenters. The molecule has 0 bridgehead atoms. The van der Waals surface area contributed by atoms with Crippen molar-refractivity contribution >= 4 is 17.7 Å². The number of amides is 3. The van der Waals surface area contributed by atoms with Gasteiger partial charge in [0.1, 0.15) is 11.8 Å². The molecule has 1 aromatic rings. The van der Waals surface area contributed by atoms with Crippen molar-refractivity contribution in [2.45, 2.75) is 46.1 Å². The van der Waals surface area contributed by atoms with Gasteiger partial charge in [-0.05, 0) is 32.1 Å². The van der Waals surface area contributed by atoms with E-state index in [1.807, 2.05) is 0 Å². The van der Waals surface area contributed by atoms with E-state index < -0.39 is 11.9 Å². The highest BCUT2D eigenvalue weighted by Gasteiger charge is 2.26. The number of nitrogens with one attached hydrogen (secondary N) is 4. The van der Waals surface area contributed by atoms with Gasteiger partial charge in [-0.3, -0.25) is 19.8 Å². The predicted molar refractivity (Wildman–Crippen MR) is 93.8 cm³/mol. The van der Waals surface area contributed by atoms with Crippen molar-refractivity contribution in [1.29, 1.82) is 0 Å². The second kappa shape index (κ2) is 9.33. The number of aryl methyl sites for hydroxylation is 1. The SMILES string of the molecule is Cc1cc(C(=O)N[C@@H](CCC(C)C)C(=O)NNC[C@@H]2CCNC2=O)no1. The van der Waals surface area contributed by atoms with Gasteiger partial charge in [0.2, 0.25) is 5.91 Å². The zero-order valence-electron chi connectivity index (χ0n) is 15.4. The molecule has 1 aliphatic rings. The van der Waals surface area contributed by atoms with Crippen LogP contribution < -0.4 is 21.5 Å². The van der Waals surface area contributed by atoms with Gasteiger partial charge in [0.05, 0.1) is 5.92 Å². The van der Waals surface area contributed by atoms with Crippen molar-refractivity contribution in [3.05, 3.63) is 17.5 Å². The van der Waals surface area contributed by atoms with Gasteiger partial charge in [-0.2, -0.15) is 0 Å². The molecule has 9 nitrogen and oxygen atoms in total. The van der Waals surface area contributed by atoms with Gasteiger partial charge in [0.25, 0.3) is 11.8 Å². The van der Waals surface area contributed by atoms with Crippen LogP contribution in [0.1, 0.15) is 49.4 Å². The molecule has 1 saturated heterocycles. The summed E-state index contributed by atoms with van der Waals surface area (Å²) in [4.78, 5) is 36.2. The summed E-state index contributed by atoms with van der Waals surface area (Å²) in [6.07, 6.45) is 2.01. The Morgan fingerprint density at radius 1 is 1.38 bits per heavy atom. The molecule has 2 heterocycles. The van der Waals surface area contributed by atoms with Crippen molar-refractivity contribution in [3.8, 4) is 0 Å². The molecule has 0 saturated carbocycles. The van der Waals surface area contributed by atoms with Crippen molar-refractivity contribution in [2.75, 3.05) is 13.1 Å². The Bertz CT molecular complexity index is 643. The maximum Gasteiger partial charge on any atom is 0.274 e. The molecule has 0 unspecified atom stereocenters. The maximum absolute atomic E-state index is 12.5. The summed E-state index contributed by atoms with van der Waals surface area (Å²) in [6, 6.07) is 0.816. The summed E-state index contributed by atoms with van der Waals surface area (Å²) in [6.45, 7) is 6.80. The number of hydrogen-bond acceptors (Lipinski definition) is 6. The van der Waals surface area contributed by atoms with Gasteiger partial charge in [-0.1, -0.05) is 19.0 Å². The Morgan fingerprint density at radius 2 is 2.15 bits per heavy atom. The first-order valence-corrected chi connectivity index (χ1v) is 8.91. The minimum atomic E-state index is -0.702. The van der Waals surface area contributed by atoms with Gasteiger partial charge in [-0.25, -0.2) is 5.43 Å². The van der Waals surface area contributed by atoms with Crippen LogP contribution in [0.2, 0.25) is 0 Å². The van der Waals surface area contributed by atoms with E-state index in [4.69, 9.17) is 4.52 Å². The maximum atomic E-state index is 12.5. The van der Waals surface area contributed by atoms with Crippen molar-refractivity contribution in [2.24, 2.45) is 11.8 Å². The molecule has 9 heteroatoms. The highest BCUT2D eigenvalue weighted by Crippen LogP contribution is 2.09. The average molecular weight is 365 g/mol. The average Bonchev–Trinajstić information content (AvgIpc) is 3.19. The van der Waals surface area contributed by atoms with Gasteiger partial charge < -0.3 is 15.2 Å². The van der Waals surface area contributed by atoms with Gasteiger partial charge in [0, 0.05) is 19.2 Å². The van der Waals surface area contributed by atoms with Gasteiger partial charge in [0.15, 0.2) is 5.69 Å². The minimum Gasteiger partial charge on any atom is -0.361 e. The fourth-order valence-corrected chi connectivity index (χ4v) is 2.66. The van der Waals surface area contributed by atoms with E-state index in [2.05, 4.69) is 40.5 Å². The van der Waals surface area contributed by atoms with Crippen LogP contribution in [-0.2, 0) is 9.59 Å². The number of hydrazine groups is 1. The first-order valence-electron chi connectivity index (χ1n) is 8.91. The van der Waals surface area contributed by atoms with Crippen LogP contribution in [0.15, 0.2) is 10.6 Å². The molecule has 2 rings (SSSR count). The second-order valence-corrected chi connectivity index (χ2v) is 6.97. The lowest BCUT2D eigenvalue weighted by atomic mass is 10.0. The first-order chi connectivity index (χ1) is 12.4. The van der Waals surface area contributed by atoms with Crippen LogP contribution >= 0.6 is 0 Å². The molecule has 3 amide bonds. The number of nitrogens with zero attached hydrogens (tertiary/aromatic N) is 1. The molecule has 1 aromatic heterocycles. The van der Waals surface area contributed by atoms with Gasteiger partial charge >= 0.3 is 0 Å². The quantitative estimate of drug-likeness (QED) is 0.466. The Hall–Kier alpha value is -2.42. The van der Waals surface area contributed by atoms with Crippen LogP contribution in [0, 0.1) is 18.8 Å². The Morgan fingerprint density at radius 3 is 2.73 bits per heavy atom. The smallest absolute Gasteiger partial charge is 0.274 e. The Kier molecular flexibility index (Phi) is 7.14. The number of carbonyl (C=O) groups excluding carboxylic acids is 3. The highest BCUT2D eigenvalue weighted by molar-refractivity contribution is 5.96. The fraction of sp³-hybridized carbons (Fsp3) is 0.647. The lowest BCUT2D eigenvalue weighted by Gasteiger charge is -2.19. The zero-order valence-corrected chi connectivity index (χ0v) is 15.4. The molecular weight excluding hydrogens is 338 g/mol. The van der Waals surface area contributed by atoms with E-state index in [0.29, 0.717) is 31.2 Å². The standard InChI is InChI=1S/C17H27N5O4/c1-10(2)4-5-13(20-16(24)14-8-11(3)26-22-14)17(25)21-19-9-12-6-7-18-15(12)23/h8,10,12-13,19H,4-7,9H2,1-3H3,(H,18,23)(H,20,24)(H,21,25)/t12-,13-/m0/s1. The van der Waals surface area contributed by atoms with Crippen molar-refractivity contribution in [1.82, 2.24) is 26.6 Å². The largest absolute Gasteiger partial charge is 0.361 e. The molecule has 0 spiro atoms. The van der Waals surface area contributed by atoms with Crippen molar-refractivity contribution in [3.63, 3.8) is 0 Å². The van der Waals surface area contributed by atoms with Crippen LogP contribution in [-0.4, -0.2) is 42.0 Å². The molecular formula is C17H27N5O4. The zero-order chi connectivity index (χ0) is 19.1. The third-order valence-electron chi connectivity index (χ3n) is 4.24. The number of carbonyl (C=O) groups is 3.